The number of benzene rings is 1. The highest BCUT2D eigenvalue weighted by molar-refractivity contribution is 6.31. The summed E-state index contributed by atoms with van der Waals surface area (Å²) in [6, 6.07) is 7.59. The molecule has 0 atom stereocenters. The highest BCUT2D eigenvalue weighted by Crippen LogP contribution is 2.32. The number of nitrogens with one attached hydrogen (secondary N) is 1. The summed E-state index contributed by atoms with van der Waals surface area (Å²) in [5.74, 6) is 0. The number of halogens is 1. The minimum atomic E-state index is -0.526. The van der Waals surface area contributed by atoms with Crippen LogP contribution in [-0.2, 0) is 0 Å². The molecule has 3 rings (SSSR count). The van der Waals surface area contributed by atoms with Crippen molar-refractivity contribution in [3.05, 3.63) is 35.5 Å². The molecule has 1 saturated carbocycles. The Morgan fingerprint density at radius 2 is 2.17 bits per heavy atom. The lowest BCUT2D eigenvalue weighted by atomic mass is 9.80. The van der Waals surface area contributed by atoms with Crippen LogP contribution in [0.5, 0.6) is 0 Å². The van der Waals surface area contributed by atoms with E-state index in [1.165, 1.54) is 0 Å². The number of aromatic nitrogens is 1. The molecule has 2 N–H and O–H groups in total. The zero-order chi connectivity index (χ0) is 12.6. The number of hydrogen-bond acceptors (Lipinski definition) is 3. The zero-order valence-electron chi connectivity index (χ0n) is 9.99. The second kappa shape index (κ2) is 4.41. The normalized spacial score (nSPS) is 17.4. The summed E-state index contributed by atoms with van der Waals surface area (Å²) >= 11 is 5.95. The molecule has 1 aromatic heterocycles. The van der Waals surface area contributed by atoms with Crippen molar-refractivity contribution in [3.63, 3.8) is 0 Å². The summed E-state index contributed by atoms with van der Waals surface area (Å²) in [6.07, 6.45) is 4.64. The number of hydrogen-bond donors (Lipinski definition) is 2. The van der Waals surface area contributed by atoms with Crippen LogP contribution >= 0.6 is 11.6 Å². The standard InChI is InChI=1S/C14H15ClN2O/c15-10-2-3-11-12(4-7-16-13(11)8-10)17-9-14(18)5-1-6-14/h2-4,7-8,18H,1,5-6,9H2,(H,16,17). The van der Waals surface area contributed by atoms with Crippen LogP contribution in [0.25, 0.3) is 10.9 Å². The van der Waals surface area contributed by atoms with E-state index >= 15 is 0 Å². The number of fused-ring (bicyclic) bond motifs is 1. The summed E-state index contributed by atoms with van der Waals surface area (Å²) in [6.45, 7) is 0.592. The van der Waals surface area contributed by atoms with E-state index in [9.17, 15) is 5.11 Å². The fraction of sp³-hybridized carbons (Fsp3) is 0.357. The summed E-state index contributed by atoms with van der Waals surface area (Å²) in [7, 11) is 0. The van der Waals surface area contributed by atoms with E-state index in [0.29, 0.717) is 11.6 Å². The van der Waals surface area contributed by atoms with Crippen LogP contribution in [0.4, 0.5) is 5.69 Å². The van der Waals surface area contributed by atoms with Gasteiger partial charge in [-0.2, -0.15) is 0 Å². The predicted molar refractivity (Wildman–Crippen MR) is 74.0 cm³/mol. The number of anilines is 1. The Labute approximate surface area is 111 Å². The van der Waals surface area contributed by atoms with E-state index < -0.39 is 5.60 Å². The monoisotopic (exact) mass is 262 g/mol. The smallest absolute Gasteiger partial charge is 0.0819 e. The van der Waals surface area contributed by atoms with Crippen LogP contribution in [0.1, 0.15) is 19.3 Å². The Balaban J connectivity index is 1.87. The number of pyridine rings is 1. The molecule has 1 heterocycles. The van der Waals surface area contributed by atoms with Gasteiger partial charge >= 0.3 is 0 Å². The number of nitrogens with zero attached hydrogens (tertiary/aromatic N) is 1. The van der Waals surface area contributed by atoms with E-state index in [-0.39, 0.29) is 0 Å². The van der Waals surface area contributed by atoms with Gasteiger partial charge in [0.05, 0.1) is 11.1 Å². The van der Waals surface area contributed by atoms with Crippen molar-refractivity contribution in [2.24, 2.45) is 0 Å². The maximum atomic E-state index is 10.1. The Morgan fingerprint density at radius 3 is 2.89 bits per heavy atom. The van der Waals surface area contributed by atoms with Gasteiger partial charge in [-0.05, 0) is 43.5 Å². The highest BCUT2D eigenvalue weighted by atomic mass is 35.5. The second-order valence-corrected chi connectivity index (χ2v) is 5.39. The van der Waals surface area contributed by atoms with Crippen LogP contribution in [0.3, 0.4) is 0 Å². The van der Waals surface area contributed by atoms with Gasteiger partial charge < -0.3 is 10.4 Å². The molecule has 1 fully saturated rings. The molecule has 2 aromatic rings. The third-order valence-electron chi connectivity index (χ3n) is 3.60. The predicted octanol–water partition coefficient (Wildman–Crippen LogP) is 3.22. The van der Waals surface area contributed by atoms with E-state index in [2.05, 4.69) is 10.3 Å². The van der Waals surface area contributed by atoms with Crippen LogP contribution in [0.15, 0.2) is 30.5 Å². The third kappa shape index (κ3) is 2.16. The SMILES string of the molecule is OC1(CNc2ccnc3cc(Cl)ccc23)CCC1. The average Bonchev–Trinajstić information content (AvgIpc) is 2.33. The summed E-state index contributed by atoms with van der Waals surface area (Å²) < 4.78 is 0. The van der Waals surface area contributed by atoms with E-state index in [1.807, 2.05) is 24.3 Å². The molecule has 0 bridgehead atoms. The first-order valence-electron chi connectivity index (χ1n) is 6.17. The lowest BCUT2D eigenvalue weighted by Gasteiger charge is -2.37. The summed E-state index contributed by atoms with van der Waals surface area (Å²) in [5, 5.41) is 15.1. The van der Waals surface area contributed by atoms with Crippen LogP contribution < -0.4 is 5.32 Å². The lowest BCUT2D eigenvalue weighted by molar-refractivity contribution is -0.0201. The molecule has 1 aliphatic rings. The van der Waals surface area contributed by atoms with Crippen LogP contribution in [0, 0.1) is 0 Å². The van der Waals surface area contributed by atoms with Gasteiger partial charge in [0.15, 0.2) is 0 Å². The number of aliphatic hydroxyl groups is 1. The Morgan fingerprint density at radius 1 is 1.33 bits per heavy atom. The molecule has 0 amide bonds. The largest absolute Gasteiger partial charge is 0.388 e. The Kier molecular flexibility index (Phi) is 2.88. The molecule has 0 saturated heterocycles. The van der Waals surface area contributed by atoms with E-state index in [0.717, 1.165) is 35.9 Å². The molecular weight excluding hydrogens is 248 g/mol. The lowest BCUT2D eigenvalue weighted by Crippen LogP contribution is -2.43. The van der Waals surface area contributed by atoms with Crippen molar-refractivity contribution in [3.8, 4) is 0 Å². The molecule has 1 aliphatic carbocycles. The molecular formula is C14H15ClN2O. The van der Waals surface area contributed by atoms with Crippen molar-refractivity contribution in [1.82, 2.24) is 4.98 Å². The first-order chi connectivity index (χ1) is 8.66. The van der Waals surface area contributed by atoms with Gasteiger partial charge in [-0.1, -0.05) is 11.6 Å². The van der Waals surface area contributed by atoms with Crippen LogP contribution in [-0.4, -0.2) is 22.2 Å². The first kappa shape index (κ1) is 11.8. The first-order valence-corrected chi connectivity index (χ1v) is 6.55. The topological polar surface area (TPSA) is 45.1 Å². The second-order valence-electron chi connectivity index (χ2n) is 4.95. The fourth-order valence-corrected chi connectivity index (χ4v) is 2.46. The molecule has 4 heteroatoms. The van der Waals surface area contributed by atoms with Crippen molar-refractivity contribution in [2.75, 3.05) is 11.9 Å². The highest BCUT2D eigenvalue weighted by Gasteiger charge is 2.33. The Bertz CT molecular complexity index is 581. The van der Waals surface area contributed by atoms with Gasteiger partial charge in [-0.25, -0.2) is 0 Å². The maximum Gasteiger partial charge on any atom is 0.0819 e. The zero-order valence-corrected chi connectivity index (χ0v) is 10.7. The maximum absolute atomic E-state index is 10.1. The van der Waals surface area contributed by atoms with Gasteiger partial charge in [-0.15, -0.1) is 0 Å². The Hall–Kier alpha value is -1.32. The molecule has 0 spiro atoms. The van der Waals surface area contributed by atoms with Gasteiger partial charge in [0.1, 0.15) is 0 Å². The van der Waals surface area contributed by atoms with E-state index in [4.69, 9.17) is 11.6 Å². The molecule has 0 unspecified atom stereocenters. The fourth-order valence-electron chi connectivity index (χ4n) is 2.30. The molecule has 94 valence electrons. The number of rotatable bonds is 3. The molecule has 0 radical (unpaired) electrons. The van der Waals surface area contributed by atoms with Crippen LogP contribution in [0.2, 0.25) is 5.02 Å². The van der Waals surface area contributed by atoms with Crippen molar-refractivity contribution in [2.45, 2.75) is 24.9 Å². The van der Waals surface area contributed by atoms with E-state index in [1.54, 1.807) is 6.20 Å². The van der Waals surface area contributed by atoms with Crippen molar-refractivity contribution >= 4 is 28.2 Å². The summed E-state index contributed by atoms with van der Waals surface area (Å²) in [5.41, 5.74) is 1.34. The van der Waals surface area contributed by atoms with Crippen molar-refractivity contribution < 1.29 is 5.11 Å². The average molecular weight is 263 g/mol. The molecule has 0 aliphatic heterocycles. The molecule has 18 heavy (non-hydrogen) atoms. The molecule has 3 nitrogen and oxygen atoms in total. The minimum Gasteiger partial charge on any atom is -0.388 e. The minimum absolute atomic E-state index is 0.526. The van der Waals surface area contributed by atoms with Gasteiger partial charge in [0, 0.05) is 28.8 Å². The van der Waals surface area contributed by atoms with Gasteiger partial charge in [0.25, 0.3) is 0 Å². The van der Waals surface area contributed by atoms with Crippen molar-refractivity contribution in [1.29, 1.82) is 0 Å². The van der Waals surface area contributed by atoms with Gasteiger partial charge in [-0.3, -0.25) is 4.98 Å². The quantitative estimate of drug-likeness (QED) is 0.893. The molecule has 1 aromatic carbocycles. The third-order valence-corrected chi connectivity index (χ3v) is 3.83. The summed E-state index contributed by atoms with van der Waals surface area (Å²) in [4.78, 5) is 4.29. The van der Waals surface area contributed by atoms with Gasteiger partial charge in [0.2, 0.25) is 0 Å².